The number of unbranched alkanes of at least 4 members (excludes halogenated alkanes) is 3. The van der Waals surface area contributed by atoms with Crippen LogP contribution >= 0.6 is 22.9 Å². The van der Waals surface area contributed by atoms with E-state index < -0.39 is 0 Å². The fraction of sp³-hybridized carbons (Fsp3) is 0.750. The van der Waals surface area contributed by atoms with Crippen molar-refractivity contribution in [1.82, 2.24) is 9.88 Å². The lowest BCUT2D eigenvalue weighted by molar-refractivity contribution is 0.319. The van der Waals surface area contributed by atoms with Gasteiger partial charge >= 0.3 is 0 Å². The van der Waals surface area contributed by atoms with E-state index in [2.05, 4.69) is 23.9 Å². The second kappa shape index (κ2) is 8.04. The van der Waals surface area contributed by atoms with Gasteiger partial charge in [0.15, 0.2) is 0 Å². The largest absolute Gasteiger partial charge is 0.301 e. The summed E-state index contributed by atoms with van der Waals surface area (Å²) in [5.74, 6) is 0.801. The lowest BCUT2D eigenvalue weighted by atomic mass is 10.2. The van der Waals surface area contributed by atoms with Gasteiger partial charge in [-0.15, -0.1) is 22.9 Å². The second-order valence-electron chi connectivity index (χ2n) is 4.20. The molecule has 0 fully saturated rings. The van der Waals surface area contributed by atoms with Crippen LogP contribution in [0.4, 0.5) is 0 Å². The van der Waals surface area contributed by atoms with E-state index in [1.807, 2.05) is 5.51 Å². The van der Waals surface area contributed by atoms with Crippen LogP contribution in [0.1, 0.15) is 36.3 Å². The number of thiazole rings is 1. The van der Waals surface area contributed by atoms with E-state index >= 15 is 0 Å². The number of hydrogen-bond acceptors (Lipinski definition) is 3. The Morgan fingerprint density at radius 3 is 2.69 bits per heavy atom. The van der Waals surface area contributed by atoms with Crippen LogP contribution in [-0.2, 0) is 6.54 Å². The Kier molecular flexibility index (Phi) is 7.01. The number of aryl methyl sites for hydroxylation is 1. The fourth-order valence-electron chi connectivity index (χ4n) is 1.63. The molecule has 16 heavy (non-hydrogen) atoms. The maximum atomic E-state index is 5.64. The van der Waals surface area contributed by atoms with Crippen molar-refractivity contribution in [2.24, 2.45) is 0 Å². The monoisotopic (exact) mass is 260 g/mol. The summed E-state index contributed by atoms with van der Waals surface area (Å²) in [4.78, 5) is 8.04. The highest BCUT2D eigenvalue weighted by Crippen LogP contribution is 2.14. The van der Waals surface area contributed by atoms with Gasteiger partial charge in [-0.1, -0.05) is 12.8 Å². The number of alkyl halides is 1. The Bertz CT molecular complexity index is 288. The summed E-state index contributed by atoms with van der Waals surface area (Å²) in [6, 6.07) is 0. The van der Waals surface area contributed by atoms with Crippen molar-refractivity contribution in [3.05, 3.63) is 16.1 Å². The second-order valence-corrected chi connectivity index (χ2v) is 5.52. The summed E-state index contributed by atoms with van der Waals surface area (Å²) in [7, 11) is 2.18. The standard InChI is InChI=1S/C12H21ClN2S/c1-11-12(16-10-14-11)9-15(2)8-6-4-3-5-7-13/h10H,3-9H2,1-2H3. The first-order valence-corrected chi connectivity index (χ1v) is 7.29. The third kappa shape index (κ3) is 5.28. The van der Waals surface area contributed by atoms with Crippen LogP contribution in [0.25, 0.3) is 0 Å². The summed E-state index contributed by atoms with van der Waals surface area (Å²) in [5.41, 5.74) is 3.11. The van der Waals surface area contributed by atoms with Gasteiger partial charge in [0.1, 0.15) is 0 Å². The maximum absolute atomic E-state index is 5.64. The van der Waals surface area contributed by atoms with Crippen molar-refractivity contribution in [1.29, 1.82) is 0 Å². The molecule has 92 valence electrons. The molecular weight excluding hydrogens is 240 g/mol. The summed E-state index contributed by atoms with van der Waals surface area (Å²) >= 11 is 7.39. The molecule has 1 aromatic rings. The minimum absolute atomic E-state index is 0.801. The highest BCUT2D eigenvalue weighted by Gasteiger charge is 2.04. The van der Waals surface area contributed by atoms with E-state index in [1.165, 1.54) is 36.4 Å². The molecule has 0 bridgehead atoms. The minimum Gasteiger partial charge on any atom is -0.301 e. The van der Waals surface area contributed by atoms with Crippen molar-refractivity contribution < 1.29 is 0 Å². The number of nitrogens with zero attached hydrogens (tertiary/aromatic N) is 2. The first kappa shape index (κ1) is 13.9. The minimum atomic E-state index is 0.801. The van der Waals surface area contributed by atoms with Crippen LogP contribution in [0.3, 0.4) is 0 Å². The average Bonchev–Trinajstić information content (AvgIpc) is 2.64. The van der Waals surface area contributed by atoms with E-state index in [4.69, 9.17) is 11.6 Å². The van der Waals surface area contributed by atoms with Gasteiger partial charge < -0.3 is 4.90 Å². The molecule has 0 aliphatic carbocycles. The smallest absolute Gasteiger partial charge is 0.0798 e. The molecule has 0 aliphatic rings. The molecule has 2 nitrogen and oxygen atoms in total. The van der Waals surface area contributed by atoms with Gasteiger partial charge in [0, 0.05) is 17.3 Å². The van der Waals surface area contributed by atoms with Crippen LogP contribution in [0.15, 0.2) is 5.51 Å². The lowest BCUT2D eigenvalue weighted by Gasteiger charge is -2.15. The molecule has 0 aliphatic heterocycles. The third-order valence-corrected chi connectivity index (χ3v) is 3.87. The van der Waals surface area contributed by atoms with E-state index in [0.717, 1.165) is 18.8 Å². The van der Waals surface area contributed by atoms with Crippen LogP contribution in [0, 0.1) is 6.92 Å². The Morgan fingerprint density at radius 2 is 2.06 bits per heavy atom. The van der Waals surface area contributed by atoms with Gasteiger partial charge in [-0.05, 0) is 33.4 Å². The predicted octanol–water partition coefficient (Wildman–Crippen LogP) is 3.68. The van der Waals surface area contributed by atoms with E-state index in [-0.39, 0.29) is 0 Å². The Morgan fingerprint density at radius 1 is 1.31 bits per heavy atom. The van der Waals surface area contributed by atoms with Gasteiger partial charge in [-0.25, -0.2) is 4.98 Å². The van der Waals surface area contributed by atoms with Crippen molar-refractivity contribution in [2.75, 3.05) is 19.5 Å². The van der Waals surface area contributed by atoms with Gasteiger partial charge in [0.2, 0.25) is 0 Å². The molecule has 0 unspecified atom stereocenters. The van der Waals surface area contributed by atoms with E-state index in [0.29, 0.717) is 0 Å². The van der Waals surface area contributed by atoms with Crippen LogP contribution in [0.2, 0.25) is 0 Å². The highest BCUT2D eigenvalue weighted by atomic mass is 35.5. The van der Waals surface area contributed by atoms with Crippen LogP contribution in [0.5, 0.6) is 0 Å². The topological polar surface area (TPSA) is 16.1 Å². The normalized spacial score (nSPS) is 11.2. The predicted molar refractivity (Wildman–Crippen MR) is 72.4 cm³/mol. The maximum Gasteiger partial charge on any atom is 0.0798 e. The molecule has 0 atom stereocenters. The average molecular weight is 261 g/mol. The SMILES string of the molecule is Cc1ncsc1CN(C)CCCCCCCl. The zero-order valence-corrected chi connectivity index (χ0v) is 11.8. The summed E-state index contributed by atoms with van der Waals surface area (Å²) in [6.07, 6.45) is 4.97. The van der Waals surface area contributed by atoms with E-state index in [9.17, 15) is 0 Å². The van der Waals surface area contributed by atoms with Crippen molar-refractivity contribution in [3.8, 4) is 0 Å². The summed E-state index contributed by atoms with van der Waals surface area (Å²) in [6.45, 7) is 4.28. The Balaban J connectivity index is 2.11. The van der Waals surface area contributed by atoms with Crippen molar-refractivity contribution >= 4 is 22.9 Å². The molecule has 1 aromatic heterocycles. The van der Waals surface area contributed by atoms with Gasteiger partial charge in [0.05, 0.1) is 11.2 Å². The van der Waals surface area contributed by atoms with Crippen LogP contribution < -0.4 is 0 Å². The number of halogens is 1. The zero-order chi connectivity index (χ0) is 11.8. The van der Waals surface area contributed by atoms with Crippen molar-refractivity contribution in [3.63, 3.8) is 0 Å². The molecule has 0 aromatic carbocycles. The first-order valence-electron chi connectivity index (χ1n) is 5.87. The highest BCUT2D eigenvalue weighted by molar-refractivity contribution is 7.09. The molecule has 1 rings (SSSR count). The Labute approximate surface area is 108 Å². The molecule has 0 saturated carbocycles. The summed E-state index contributed by atoms with van der Waals surface area (Å²) in [5, 5.41) is 0. The third-order valence-electron chi connectivity index (χ3n) is 2.68. The van der Waals surface area contributed by atoms with Crippen molar-refractivity contribution in [2.45, 2.75) is 39.2 Å². The first-order chi connectivity index (χ1) is 7.74. The van der Waals surface area contributed by atoms with Gasteiger partial charge in [-0.2, -0.15) is 0 Å². The summed E-state index contributed by atoms with van der Waals surface area (Å²) < 4.78 is 0. The zero-order valence-electron chi connectivity index (χ0n) is 10.2. The quantitative estimate of drug-likeness (QED) is 0.524. The molecule has 1 heterocycles. The molecule has 0 spiro atoms. The molecule has 0 saturated heterocycles. The molecule has 0 radical (unpaired) electrons. The van der Waals surface area contributed by atoms with Crippen LogP contribution in [-0.4, -0.2) is 29.4 Å². The molecule has 0 N–H and O–H groups in total. The molecular formula is C12H21ClN2S. The molecule has 4 heteroatoms. The number of hydrogen-bond donors (Lipinski definition) is 0. The fourth-order valence-corrected chi connectivity index (χ4v) is 2.68. The Hall–Kier alpha value is -0.120. The van der Waals surface area contributed by atoms with E-state index in [1.54, 1.807) is 11.3 Å². The molecule has 0 amide bonds. The van der Waals surface area contributed by atoms with Gasteiger partial charge in [-0.3, -0.25) is 0 Å². The number of rotatable bonds is 8. The van der Waals surface area contributed by atoms with Gasteiger partial charge in [0.25, 0.3) is 0 Å². The number of aromatic nitrogens is 1. The lowest BCUT2D eigenvalue weighted by Crippen LogP contribution is -2.18.